The second-order valence-corrected chi connectivity index (χ2v) is 4.49. The van der Waals surface area contributed by atoms with Gasteiger partial charge in [-0.15, -0.1) is 0 Å². The van der Waals surface area contributed by atoms with Crippen LogP contribution in [-0.4, -0.2) is 5.11 Å². The van der Waals surface area contributed by atoms with Crippen molar-refractivity contribution in [2.24, 2.45) is 0 Å². The Morgan fingerprint density at radius 3 is 2.74 bits per heavy atom. The van der Waals surface area contributed by atoms with Crippen LogP contribution in [0.4, 0.5) is 0 Å². The highest BCUT2D eigenvalue weighted by Crippen LogP contribution is 2.24. The number of para-hydroxylation sites is 1. The lowest BCUT2D eigenvalue weighted by atomic mass is 10.2. The van der Waals surface area contributed by atoms with E-state index >= 15 is 0 Å². The van der Waals surface area contributed by atoms with Crippen LogP contribution < -0.4 is 4.74 Å². The molecule has 0 aliphatic carbocycles. The second-order valence-electron chi connectivity index (χ2n) is 4.49. The molecule has 0 radical (unpaired) electrons. The van der Waals surface area contributed by atoms with Crippen LogP contribution in [0.3, 0.4) is 0 Å². The highest BCUT2D eigenvalue weighted by Gasteiger charge is 2.06. The van der Waals surface area contributed by atoms with Crippen molar-refractivity contribution in [3.8, 4) is 11.5 Å². The van der Waals surface area contributed by atoms with E-state index in [9.17, 15) is 5.11 Å². The lowest BCUT2D eigenvalue weighted by Crippen LogP contribution is -1.92. The predicted molar refractivity (Wildman–Crippen MR) is 73.4 cm³/mol. The van der Waals surface area contributed by atoms with E-state index in [1.54, 1.807) is 24.3 Å². The van der Waals surface area contributed by atoms with Gasteiger partial charge in [0.05, 0.1) is 0 Å². The van der Waals surface area contributed by atoms with Crippen molar-refractivity contribution >= 4 is 11.0 Å². The summed E-state index contributed by atoms with van der Waals surface area (Å²) in [6.07, 6.45) is 0. The first-order valence-corrected chi connectivity index (χ1v) is 6.12. The van der Waals surface area contributed by atoms with E-state index in [1.165, 1.54) is 0 Å². The summed E-state index contributed by atoms with van der Waals surface area (Å²) in [6.45, 7) is 2.36. The van der Waals surface area contributed by atoms with Gasteiger partial charge in [-0.2, -0.15) is 0 Å². The van der Waals surface area contributed by atoms with E-state index in [-0.39, 0.29) is 5.75 Å². The summed E-state index contributed by atoms with van der Waals surface area (Å²) >= 11 is 0. The van der Waals surface area contributed by atoms with Gasteiger partial charge in [0.15, 0.2) is 0 Å². The minimum absolute atomic E-state index is 0.193. The molecule has 0 aliphatic heterocycles. The fourth-order valence-corrected chi connectivity index (χ4v) is 2.06. The largest absolute Gasteiger partial charge is 0.508 e. The van der Waals surface area contributed by atoms with Crippen LogP contribution >= 0.6 is 0 Å². The molecule has 0 bridgehead atoms. The molecule has 1 N–H and O–H groups in total. The zero-order valence-corrected chi connectivity index (χ0v) is 10.6. The molecule has 19 heavy (non-hydrogen) atoms. The van der Waals surface area contributed by atoms with Crippen molar-refractivity contribution in [1.82, 2.24) is 0 Å². The van der Waals surface area contributed by atoms with Crippen molar-refractivity contribution in [2.45, 2.75) is 13.5 Å². The number of rotatable bonds is 3. The lowest BCUT2D eigenvalue weighted by molar-refractivity contribution is 0.273. The van der Waals surface area contributed by atoms with E-state index in [0.717, 1.165) is 22.3 Å². The summed E-state index contributed by atoms with van der Waals surface area (Å²) < 4.78 is 11.4. The third kappa shape index (κ3) is 2.40. The first-order chi connectivity index (χ1) is 9.22. The average Bonchev–Trinajstić information content (AvgIpc) is 2.81. The summed E-state index contributed by atoms with van der Waals surface area (Å²) in [5.74, 6) is 1.59. The first kappa shape index (κ1) is 11.7. The van der Waals surface area contributed by atoms with E-state index in [0.29, 0.717) is 12.4 Å². The Kier molecular flexibility index (Phi) is 2.88. The van der Waals surface area contributed by atoms with E-state index in [1.807, 2.05) is 31.2 Å². The van der Waals surface area contributed by atoms with Crippen molar-refractivity contribution in [2.75, 3.05) is 0 Å². The Labute approximate surface area is 111 Å². The molecule has 2 aromatic carbocycles. The Hall–Kier alpha value is -2.42. The molecule has 1 heterocycles. The summed E-state index contributed by atoms with van der Waals surface area (Å²) in [5.41, 5.74) is 2.01. The first-order valence-electron chi connectivity index (χ1n) is 6.12. The maximum atomic E-state index is 9.36. The fraction of sp³-hybridized carbons (Fsp3) is 0.125. The van der Waals surface area contributed by atoms with Gasteiger partial charge >= 0.3 is 0 Å². The van der Waals surface area contributed by atoms with Gasteiger partial charge < -0.3 is 14.3 Å². The molecule has 3 rings (SSSR count). The molecule has 0 spiro atoms. The number of benzene rings is 2. The molecular weight excluding hydrogens is 240 g/mol. The summed E-state index contributed by atoms with van der Waals surface area (Å²) in [6, 6.07) is 14.7. The number of phenols is 1. The third-order valence-corrected chi connectivity index (χ3v) is 2.99. The molecule has 0 amide bonds. The Morgan fingerprint density at radius 2 is 1.95 bits per heavy atom. The number of furan rings is 1. The van der Waals surface area contributed by atoms with Crippen LogP contribution in [0.25, 0.3) is 11.0 Å². The van der Waals surface area contributed by atoms with Crippen LogP contribution in [0.5, 0.6) is 11.5 Å². The molecule has 0 saturated heterocycles. The minimum atomic E-state index is 0.193. The number of aromatic hydroxyl groups is 1. The number of ether oxygens (including phenoxy) is 1. The SMILES string of the molecule is Cc1cccc2cc(COc3cccc(O)c3)oc12. The van der Waals surface area contributed by atoms with Crippen LogP contribution in [-0.2, 0) is 6.61 Å². The van der Waals surface area contributed by atoms with Gasteiger partial charge in [-0.25, -0.2) is 0 Å². The number of phenolic OH excluding ortho intramolecular Hbond substituents is 1. The number of aryl methyl sites for hydroxylation is 1. The van der Waals surface area contributed by atoms with Gasteiger partial charge in [-0.3, -0.25) is 0 Å². The summed E-state index contributed by atoms with van der Waals surface area (Å²) in [5, 5.41) is 10.4. The molecule has 0 fully saturated rings. The van der Waals surface area contributed by atoms with E-state index < -0.39 is 0 Å². The molecule has 1 aromatic heterocycles. The monoisotopic (exact) mass is 254 g/mol. The van der Waals surface area contributed by atoms with Crippen molar-refractivity contribution in [3.05, 3.63) is 59.9 Å². The molecule has 96 valence electrons. The van der Waals surface area contributed by atoms with Gasteiger partial charge in [0.2, 0.25) is 0 Å². The number of hydrogen-bond acceptors (Lipinski definition) is 3. The molecule has 3 heteroatoms. The third-order valence-electron chi connectivity index (χ3n) is 2.99. The molecular formula is C16H14O3. The zero-order valence-electron chi connectivity index (χ0n) is 10.6. The maximum absolute atomic E-state index is 9.36. The van der Waals surface area contributed by atoms with Crippen LogP contribution in [0.1, 0.15) is 11.3 Å². The van der Waals surface area contributed by atoms with Crippen LogP contribution in [0.2, 0.25) is 0 Å². The highest BCUT2D eigenvalue weighted by molar-refractivity contribution is 5.80. The van der Waals surface area contributed by atoms with Gasteiger partial charge in [0.1, 0.15) is 29.4 Å². The smallest absolute Gasteiger partial charge is 0.146 e. The Morgan fingerprint density at radius 1 is 1.11 bits per heavy atom. The lowest BCUT2D eigenvalue weighted by Gasteiger charge is -2.03. The quantitative estimate of drug-likeness (QED) is 0.767. The molecule has 0 unspecified atom stereocenters. The molecule has 0 aliphatic rings. The average molecular weight is 254 g/mol. The minimum Gasteiger partial charge on any atom is -0.508 e. The topological polar surface area (TPSA) is 42.6 Å². The van der Waals surface area contributed by atoms with Gasteiger partial charge in [-0.1, -0.05) is 24.3 Å². The van der Waals surface area contributed by atoms with Crippen LogP contribution in [0, 0.1) is 6.92 Å². The van der Waals surface area contributed by atoms with Crippen molar-refractivity contribution in [1.29, 1.82) is 0 Å². The molecule has 0 saturated carbocycles. The Balaban J connectivity index is 1.80. The molecule has 0 atom stereocenters. The second kappa shape index (κ2) is 4.69. The standard InChI is InChI=1S/C16H14O3/c1-11-4-2-5-12-8-15(19-16(11)12)10-18-14-7-3-6-13(17)9-14/h2-9,17H,10H2,1H3. The number of fused-ring (bicyclic) bond motifs is 1. The predicted octanol–water partition coefficient (Wildman–Crippen LogP) is 4.03. The van der Waals surface area contributed by atoms with Crippen LogP contribution in [0.15, 0.2) is 52.9 Å². The molecule has 3 aromatic rings. The van der Waals surface area contributed by atoms with E-state index in [4.69, 9.17) is 9.15 Å². The normalized spacial score (nSPS) is 10.8. The van der Waals surface area contributed by atoms with Gasteiger partial charge in [-0.05, 0) is 30.7 Å². The zero-order chi connectivity index (χ0) is 13.2. The van der Waals surface area contributed by atoms with E-state index in [2.05, 4.69) is 0 Å². The number of hydrogen-bond donors (Lipinski definition) is 1. The molecule has 3 nitrogen and oxygen atoms in total. The van der Waals surface area contributed by atoms with Crippen molar-refractivity contribution in [3.63, 3.8) is 0 Å². The fourth-order valence-electron chi connectivity index (χ4n) is 2.06. The van der Waals surface area contributed by atoms with Crippen molar-refractivity contribution < 1.29 is 14.3 Å². The maximum Gasteiger partial charge on any atom is 0.146 e. The summed E-state index contributed by atoms with van der Waals surface area (Å²) in [4.78, 5) is 0. The summed E-state index contributed by atoms with van der Waals surface area (Å²) in [7, 11) is 0. The Bertz CT molecular complexity index is 713. The highest BCUT2D eigenvalue weighted by atomic mass is 16.5. The van der Waals surface area contributed by atoms with Gasteiger partial charge in [0, 0.05) is 11.5 Å². The van der Waals surface area contributed by atoms with Gasteiger partial charge in [0.25, 0.3) is 0 Å².